The molecule has 2 atom stereocenters. The van der Waals surface area contributed by atoms with Gasteiger partial charge in [0.25, 0.3) is 0 Å². The third kappa shape index (κ3) is 6.42. The normalized spacial score (nSPS) is 13.1. The van der Waals surface area contributed by atoms with Gasteiger partial charge in [-0.1, -0.05) is 38.0 Å². The van der Waals surface area contributed by atoms with Gasteiger partial charge in [-0.2, -0.15) is 4.73 Å². The predicted octanol–water partition coefficient (Wildman–Crippen LogP) is 2.09. The van der Waals surface area contributed by atoms with Crippen LogP contribution in [0.4, 0.5) is 0 Å². The van der Waals surface area contributed by atoms with Crippen LogP contribution in [0.1, 0.15) is 51.0 Å². The minimum absolute atomic E-state index is 0.256. The number of ketones is 1. The SMILES string of the molecule is CCC(=O)CCCCCC(N)C(=O)N[C@H]([C]=O)Cc1cn(OC)c2ccccc12. The van der Waals surface area contributed by atoms with E-state index in [0.29, 0.717) is 25.7 Å². The highest BCUT2D eigenvalue weighted by molar-refractivity contribution is 5.86. The molecule has 1 aromatic carbocycles. The Morgan fingerprint density at radius 2 is 2.00 bits per heavy atom. The smallest absolute Gasteiger partial charge is 0.237 e. The lowest BCUT2D eigenvalue weighted by molar-refractivity contribution is -0.123. The molecule has 0 spiro atoms. The lowest BCUT2D eigenvalue weighted by atomic mass is 10.0. The monoisotopic (exact) mass is 400 g/mol. The summed E-state index contributed by atoms with van der Waals surface area (Å²) in [6, 6.07) is 6.21. The summed E-state index contributed by atoms with van der Waals surface area (Å²) in [6.07, 6.45) is 8.10. The van der Waals surface area contributed by atoms with E-state index in [1.54, 1.807) is 18.0 Å². The highest BCUT2D eigenvalue weighted by atomic mass is 16.6. The fourth-order valence-corrected chi connectivity index (χ4v) is 3.32. The summed E-state index contributed by atoms with van der Waals surface area (Å²) in [7, 11) is 1.57. The molecule has 1 aromatic heterocycles. The van der Waals surface area contributed by atoms with Crippen molar-refractivity contribution in [1.82, 2.24) is 10.0 Å². The summed E-state index contributed by atoms with van der Waals surface area (Å²) in [6.45, 7) is 1.86. The number of aromatic nitrogens is 1. The average Bonchev–Trinajstić information content (AvgIpc) is 3.10. The van der Waals surface area contributed by atoms with Gasteiger partial charge in [-0.3, -0.25) is 14.4 Å². The first-order valence-electron chi connectivity index (χ1n) is 10.1. The first-order chi connectivity index (χ1) is 14.0. The van der Waals surface area contributed by atoms with Crippen molar-refractivity contribution >= 4 is 28.9 Å². The van der Waals surface area contributed by atoms with Crippen molar-refractivity contribution in [2.45, 2.75) is 64.0 Å². The molecule has 3 N–H and O–H groups in total. The van der Waals surface area contributed by atoms with Gasteiger partial charge in [-0.15, -0.1) is 0 Å². The third-order valence-electron chi connectivity index (χ3n) is 5.04. The third-order valence-corrected chi connectivity index (χ3v) is 5.04. The summed E-state index contributed by atoms with van der Waals surface area (Å²) < 4.78 is 1.63. The number of carbonyl (C=O) groups excluding carboxylic acids is 3. The molecule has 1 amide bonds. The molecule has 29 heavy (non-hydrogen) atoms. The summed E-state index contributed by atoms with van der Waals surface area (Å²) in [5.74, 6) is -0.107. The van der Waals surface area contributed by atoms with E-state index >= 15 is 0 Å². The second kappa shape index (κ2) is 11.4. The summed E-state index contributed by atoms with van der Waals surface area (Å²) in [5.41, 5.74) is 7.73. The van der Waals surface area contributed by atoms with Gasteiger partial charge in [0.05, 0.1) is 17.6 Å². The Labute approximate surface area is 171 Å². The zero-order chi connectivity index (χ0) is 21.2. The van der Waals surface area contributed by atoms with Gasteiger partial charge in [-0.05, 0) is 24.5 Å². The van der Waals surface area contributed by atoms with Crippen LogP contribution in [0.5, 0.6) is 0 Å². The Morgan fingerprint density at radius 1 is 1.24 bits per heavy atom. The van der Waals surface area contributed by atoms with Crippen LogP contribution in [0.15, 0.2) is 30.5 Å². The van der Waals surface area contributed by atoms with E-state index in [-0.39, 0.29) is 11.7 Å². The summed E-state index contributed by atoms with van der Waals surface area (Å²) in [5, 5.41) is 3.64. The van der Waals surface area contributed by atoms with Crippen LogP contribution >= 0.6 is 0 Å². The second-order valence-corrected chi connectivity index (χ2v) is 7.16. The van der Waals surface area contributed by atoms with Gasteiger partial charge in [-0.25, -0.2) is 0 Å². The molecule has 2 aromatic rings. The Kier molecular flexibility index (Phi) is 8.86. The van der Waals surface area contributed by atoms with Crippen molar-refractivity contribution in [2.24, 2.45) is 5.73 Å². The zero-order valence-corrected chi connectivity index (χ0v) is 17.1. The van der Waals surface area contributed by atoms with Gasteiger partial charge < -0.3 is 15.9 Å². The first kappa shape index (κ1) is 22.6. The first-order valence-corrected chi connectivity index (χ1v) is 10.1. The molecule has 0 aliphatic carbocycles. The van der Waals surface area contributed by atoms with E-state index < -0.39 is 12.1 Å². The number of hydrogen-bond acceptors (Lipinski definition) is 5. The number of nitrogens with one attached hydrogen (secondary N) is 1. The Hall–Kier alpha value is -2.67. The van der Waals surface area contributed by atoms with E-state index in [0.717, 1.165) is 35.7 Å². The molecule has 7 heteroatoms. The van der Waals surface area contributed by atoms with Gasteiger partial charge in [0.2, 0.25) is 12.2 Å². The lowest BCUT2D eigenvalue weighted by Gasteiger charge is -2.16. The molecule has 7 nitrogen and oxygen atoms in total. The van der Waals surface area contributed by atoms with Crippen molar-refractivity contribution in [3.05, 3.63) is 36.0 Å². The number of rotatable bonds is 13. The number of unbranched alkanes of at least 4 members (excludes halogenated alkanes) is 2. The number of benzene rings is 1. The highest BCUT2D eigenvalue weighted by Crippen LogP contribution is 2.21. The maximum atomic E-state index is 12.3. The molecular formula is C22H30N3O4. The van der Waals surface area contributed by atoms with Crippen molar-refractivity contribution in [1.29, 1.82) is 0 Å². The number of nitrogens with zero attached hydrogens (tertiary/aromatic N) is 1. The number of carbonyl (C=O) groups is 2. The number of para-hydroxylation sites is 1. The molecule has 0 aliphatic heterocycles. The molecule has 0 bridgehead atoms. The van der Waals surface area contributed by atoms with Gasteiger partial charge in [0.15, 0.2) is 0 Å². The quantitative estimate of drug-likeness (QED) is 0.501. The molecule has 0 saturated carbocycles. The number of Topliss-reactive ketones (excluding diaryl/α,β-unsaturated/α-hetero) is 1. The zero-order valence-electron chi connectivity index (χ0n) is 17.1. The molecule has 157 valence electrons. The largest absolute Gasteiger partial charge is 0.417 e. The standard InChI is InChI=1S/C22H30N3O4/c1-3-18(27)9-5-4-6-11-20(23)22(28)24-17(15-26)13-16-14-25(29-2)21-12-8-7-10-19(16)21/h7-8,10,12,14,17,20H,3-6,9,11,13,23H2,1-2H3,(H,24,28)/t17-,20?/m0/s1. The van der Waals surface area contributed by atoms with E-state index in [9.17, 15) is 14.4 Å². The number of hydrogen-bond donors (Lipinski definition) is 2. The maximum Gasteiger partial charge on any atom is 0.237 e. The predicted molar refractivity (Wildman–Crippen MR) is 112 cm³/mol. The van der Waals surface area contributed by atoms with Crippen LogP contribution in [-0.4, -0.2) is 41.9 Å². The number of nitrogens with two attached hydrogens (primary N) is 1. The van der Waals surface area contributed by atoms with Crippen molar-refractivity contribution in [2.75, 3.05) is 7.11 Å². The highest BCUT2D eigenvalue weighted by Gasteiger charge is 2.20. The van der Waals surface area contributed by atoms with Crippen LogP contribution in [0.2, 0.25) is 0 Å². The molecule has 0 aliphatic rings. The van der Waals surface area contributed by atoms with Crippen molar-refractivity contribution < 1.29 is 19.2 Å². The van der Waals surface area contributed by atoms with Crippen molar-refractivity contribution in [3.63, 3.8) is 0 Å². The van der Waals surface area contributed by atoms with E-state index in [1.165, 1.54) is 0 Å². The Balaban J connectivity index is 1.87. The fourth-order valence-electron chi connectivity index (χ4n) is 3.32. The van der Waals surface area contributed by atoms with Crippen LogP contribution in [0.25, 0.3) is 10.9 Å². The van der Waals surface area contributed by atoms with Crippen molar-refractivity contribution in [3.8, 4) is 0 Å². The maximum absolute atomic E-state index is 12.3. The summed E-state index contributed by atoms with van der Waals surface area (Å²) >= 11 is 0. The molecule has 0 fully saturated rings. The van der Waals surface area contributed by atoms with E-state index in [4.69, 9.17) is 10.6 Å². The molecule has 0 saturated heterocycles. The Bertz CT molecular complexity index is 831. The van der Waals surface area contributed by atoms with Gasteiger partial charge >= 0.3 is 0 Å². The van der Waals surface area contributed by atoms with Gasteiger partial charge in [0, 0.05) is 30.8 Å². The average molecular weight is 400 g/mol. The van der Waals surface area contributed by atoms with Crippen LogP contribution < -0.4 is 15.9 Å². The number of fused-ring (bicyclic) bond motifs is 1. The number of amides is 1. The van der Waals surface area contributed by atoms with Gasteiger partial charge in [0.1, 0.15) is 12.9 Å². The second-order valence-electron chi connectivity index (χ2n) is 7.16. The molecule has 1 unspecified atom stereocenters. The molecule has 1 heterocycles. The van der Waals surface area contributed by atoms with E-state index in [2.05, 4.69) is 5.32 Å². The van der Waals surface area contributed by atoms with Crippen LogP contribution in [0.3, 0.4) is 0 Å². The molecule has 1 radical (unpaired) electrons. The summed E-state index contributed by atoms with van der Waals surface area (Å²) in [4.78, 5) is 40.4. The fraction of sp³-hybridized carbons (Fsp3) is 0.500. The minimum atomic E-state index is -0.785. The Morgan fingerprint density at radius 3 is 2.69 bits per heavy atom. The molecular weight excluding hydrogens is 370 g/mol. The lowest BCUT2D eigenvalue weighted by Crippen LogP contribution is -2.46. The van der Waals surface area contributed by atoms with Crippen LogP contribution in [-0.2, 0) is 20.8 Å². The minimum Gasteiger partial charge on any atom is -0.417 e. The van der Waals surface area contributed by atoms with E-state index in [1.807, 2.05) is 37.5 Å². The van der Waals surface area contributed by atoms with Crippen LogP contribution in [0, 0.1) is 0 Å². The molecule has 2 rings (SSSR count). The topological polar surface area (TPSA) is 103 Å².